The number of alkyl halides is 4. The number of rotatable bonds is 2. The van der Waals surface area contributed by atoms with Crippen LogP contribution in [0.25, 0.3) is 0 Å². The number of anilines is 1. The van der Waals surface area contributed by atoms with Crippen molar-refractivity contribution in [2.24, 2.45) is 0 Å². The van der Waals surface area contributed by atoms with Gasteiger partial charge < -0.3 is 5.32 Å². The Morgan fingerprint density at radius 2 is 1.83 bits per heavy atom. The molecule has 0 aliphatic heterocycles. The van der Waals surface area contributed by atoms with E-state index in [1.54, 1.807) is 0 Å². The summed E-state index contributed by atoms with van der Waals surface area (Å²) in [7, 11) is 0. The van der Waals surface area contributed by atoms with Gasteiger partial charge in [0.2, 0.25) is 5.91 Å². The van der Waals surface area contributed by atoms with Gasteiger partial charge in [0.05, 0.1) is 9.89 Å². The van der Waals surface area contributed by atoms with Crippen molar-refractivity contribution in [3.8, 4) is 0 Å². The number of benzene rings is 1. The summed E-state index contributed by atoms with van der Waals surface area (Å²) in [5, 5.41) is 2.27. The Balaban J connectivity index is 3.04. The van der Waals surface area contributed by atoms with Gasteiger partial charge in [0.25, 0.3) is 0 Å². The smallest absolute Gasteiger partial charge is 0.325 e. The van der Waals surface area contributed by atoms with Gasteiger partial charge in [0.1, 0.15) is 5.82 Å². The van der Waals surface area contributed by atoms with E-state index < -0.39 is 27.8 Å². The minimum Gasteiger partial charge on any atom is -0.325 e. The zero-order valence-corrected chi connectivity index (χ0v) is 11.1. The summed E-state index contributed by atoms with van der Waals surface area (Å²) >= 11 is 3.07. The molecule has 7 heteroatoms. The molecule has 0 heterocycles. The molecule has 0 fully saturated rings. The van der Waals surface area contributed by atoms with Crippen molar-refractivity contribution in [1.82, 2.24) is 0 Å². The number of carbonyl (C=O) groups excluding carboxylic acids is 1. The van der Waals surface area contributed by atoms with Crippen molar-refractivity contribution >= 4 is 27.5 Å². The molecule has 2 nitrogen and oxygen atoms in total. The first-order valence-electron chi connectivity index (χ1n) is 4.89. The SMILES string of the molecule is CC(C)(Br)C(=O)Nc1ccc(F)c(C(F)(F)F)c1. The summed E-state index contributed by atoms with van der Waals surface area (Å²) < 4.78 is 49.4. The summed E-state index contributed by atoms with van der Waals surface area (Å²) in [5.74, 6) is -1.90. The summed E-state index contributed by atoms with van der Waals surface area (Å²) in [6.45, 7) is 3.08. The molecule has 0 bridgehead atoms. The lowest BCUT2D eigenvalue weighted by Gasteiger charge is -2.17. The zero-order chi connectivity index (χ0) is 14.1. The minimum absolute atomic E-state index is 0.110. The van der Waals surface area contributed by atoms with Crippen LogP contribution >= 0.6 is 15.9 Å². The highest BCUT2D eigenvalue weighted by atomic mass is 79.9. The first-order chi connectivity index (χ1) is 8.01. The molecule has 1 aromatic rings. The van der Waals surface area contributed by atoms with E-state index in [0.29, 0.717) is 12.1 Å². The highest BCUT2D eigenvalue weighted by Gasteiger charge is 2.34. The molecule has 0 aliphatic rings. The Labute approximate surface area is 109 Å². The van der Waals surface area contributed by atoms with Crippen molar-refractivity contribution in [3.63, 3.8) is 0 Å². The second-order valence-electron chi connectivity index (χ2n) is 4.12. The van der Waals surface area contributed by atoms with Crippen molar-refractivity contribution in [2.75, 3.05) is 5.32 Å². The summed E-state index contributed by atoms with van der Waals surface area (Å²) in [6, 6.07) is 2.30. The van der Waals surface area contributed by atoms with Gasteiger partial charge >= 0.3 is 6.18 Å². The van der Waals surface area contributed by atoms with Crippen molar-refractivity contribution < 1.29 is 22.4 Å². The predicted octanol–water partition coefficient (Wildman–Crippen LogP) is 3.96. The maximum atomic E-state index is 13.0. The fourth-order valence-corrected chi connectivity index (χ4v) is 1.20. The number of hydrogen-bond acceptors (Lipinski definition) is 1. The van der Waals surface area contributed by atoms with Crippen LogP contribution in [0.15, 0.2) is 18.2 Å². The van der Waals surface area contributed by atoms with Crippen LogP contribution in [-0.2, 0) is 11.0 Å². The Kier molecular flexibility index (Phi) is 4.05. The van der Waals surface area contributed by atoms with Gasteiger partial charge in [-0.1, -0.05) is 15.9 Å². The molecule has 0 saturated heterocycles. The Hall–Kier alpha value is -1.11. The number of carbonyl (C=O) groups is 1. The molecular formula is C11H10BrF4NO. The van der Waals surface area contributed by atoms with E-state index in [4.69, 9.17) is 0 Å². The molecule has 0 aliphatic carbocycles. The molecule has 0 aromatic heterocycles. The maximum Gasteiger partial charge on any atom is 0.419 e. The number of amides is 1. The Bertz CT molecular complexity index is 465. The zero-order valence-electron chi connectivity index (χ0n) is 9.53. The van der Waals surface area contributed by atoms with Crippen molar-refractivity contribution in [3.05, 3.63) is 29.6 Å². The predicted molar refractivity (Wildman–Crippen MR) is 63.0 cm³/mol. The topological polar surface area (TPSA) is 29.1 Å². The van der Waals surface area contributed by atoms with Crippen LogP contribution in [-0.4, -0.2) is 10.2 Å². The van der Waals surface area contributed by atoms with Crippen molar-refractivity contribution in [2.45, 2.75) is 24.3 Å². The van der Waals surface area contributed by atoms with Crippen LogP contribution in [0.2, 0.25) is 0 Å². The molecule has 18 heavy (non-hydrogen) atoms. The highest BCUT2D eigenvalue weighted by Crippen LogP contribution is 2.33. The van der Waals surface area contributed by atoms with E-state index in [1.807, 2.05) is 0 Å². The second kappa shape index (κ2) is 4.87. The van der Waals surface area contributed by atoms with E-state index in [-0.39, 0.29) is 5.69 Å². The molecule has 0 saturated carbocycles. The molecule has 1 aromatic carbocycles. The first kappa shape index (κ1) is 14.9. The van der Waals surface area contributed by atoms with Crippen molar-refractivity contribution in [1.29, 1.82) is 0 Å². The van der Waals surface area contributed by atoms with Gasteiger partial charge in [0.15, 0.2) is 0 Å². The standard InChI is InChI=1S/C11H10BrF4NO/c1-10(2,12)9(18)17-6-3-4-8(13)7(5-6)11(14,15)16/h3-5H,1-2H3,(H,17,18). The number of halogens is 5. The highest BCUT2D eigenvalue weighted by molar-refractivity contribution is 9.10. The molecular weight excluding hydrogens is 318 g/mol. The van der Waals surface area contributed by atoms with Gasteiger partial charge in [-0.2, -0.15) is 13.2 Å². The molecule has 100 valence electrons. The number of nitrogens with one attached hydrogen (secondary N) is 1. The lowest BCUT2D eigenvalue weighted by atomic mass is 10.1. The van der Waals surface area contributed by atoms with Gasteiger partial charge in [-0.25, -0.2) is 4.39 Å². The van der Waals surface area contributed by atoms with Crippen LogP contribution in [0.3, 0.4) is 0 Å². The van der Waals surface area contributed by atoms with Gasteiger partial charge in [0, 0.05) is 5.69 Å². The fourth-order valence-electron chi connectivity index (χ4n) is 1.10. The maximum absolute atomic E-state index is 13.0. The molecule has 1 N–H and O–H groups in total. The third-order valence-electron chi connectivity index (χ3n) is 2.07. The number of hydrogen-bond donors (Lipinski definition) is 1. The lowest BCUT2D eigenvalue weighted by Crippen LogP contribution is -2.31. The minimum atomic E-state index is -4.80. The normalized spacial score (nSPS) is 12.4. The monoisotopic (exact) mass is 327 g/mol. The quantitative estimate of drug-likeness (QED) is 0.646. The molecule has 0 unspecified atom stereocenters. The largest absolute Gasteiger partial charge is 0.419 e. The van der Waals surface area contributed by atoms with Crippen LogP contribution in [0, 0.1) is 5.82 Å². The summed E-state index contributed by atoms with van der Waals surface area (Å²) in [6.07, 6.45) is -4.80. The molecule has 0 radical (unpaired) electrons. The van der Waals surface area contributed by atoms with Gasteiger partial charge in [-0.05, 0) is 32.0 Å². The van der Waals surface area contributed by atoms with E-state index in [0.717, 1.165) is 6.07 Å². The van der Waals surface area contributed by atoms with Gasteiger partial charge in [-0.15, -0.1) is 0 Å². The Morgan fingerprint density at radius 1 is 1.28 bits per heavy atom. The molecule has 0 spiro atoms. The third kappa shape index (κ3) is 3.69. The fraction of sp³-hybridized carbons (Fsp3) is 0.364. The average molecular weight is 328 g/mol. The van der Waals surface area contributed by atoms with Crippen LogP contribution in [0.4, 0.5) is 23.2 Å². The Morgan fingerprint density at radius 3 is 2.28 bits per heavy atom. The van der Waals surface area contributed by atoms with E-state index >= 15 is 0 Å². The average Bonchev–Trinajstić information content (AvgIpc) is 2.17. The first-order valence-corrected chi connectivity index (χ1v) is 5.68. The molecule has 1 amide bonds. The van der Waals surface area contributed by atoms with Crippen LogP contribution < -0.4 is 5.32 Å². The summed E-state index contributed by atoms with van der Waals surface area (Å²) in [4.78, 5) is 11.5. The molecule has 1 rings (SSSR count). The third-order valence-corrected chi connectivity index (χ3v) is 2.43. The van der Waals surface area contributed by atoms with Gasteiger partial charge in [-0.3, -0.25) is 4.79 Å². The van der Waals surface area contributed by atoms with Crippen LogP contribution in [0.1, 0.15) is 19.4 Å². The van der Waals surface area contributed by atoms with E-state index in [1.165, 1.54) is 13.8 Å². The lowest BCUT2D eigenvalue weighted by molar-refractivity contribution is -0.140. The summed E-state index contributed by atoms with van der Waals surface area (Å²) in [5.41, 5.74) is -1.52. The van der Waals surface area contributed by atoms with E-state index in [2.05, 4.69) is 21.2 Å². The molecule has 0 atom stereocenters. The second-order valence-corrected chi connectivity index (χ2v) is 6.10. The van der Waals surface area contributed by atoms with E-state index in [9.17, 15) is 22.4 Å². The van der Waals surface area contributed by atoms with Crippen LogP contribution in [0.5, 0.6) is 0 Å².